The Labute approximate surface area is 161 Å². The van der Waals surface area contributed by atoms with Crippen LogP contribution in [0.2, 0.25) is 0 Å². The molecule has 1 saturated carbocycles. The number of benzene rings is 1. The molecule has 4 nitrogen and oxygen atoms in total. The minimum atomic E-state index is -0.333. The number of rotatable bonds is 5. The van der Waals surface area contributed by atoms with E-state index >= 15 is 0 Å². The summed E-state index contributed by atoms with van der Waals surface area (Å²) in [6.45, 7) is 0. The van der Waals surface area contributed by atoms with Gasteiger partial charge < -0.3 is 5.32 Å². The lowest BCUT2D eigenvalue weighted by Gasteiger charge is -2.31. The van der Waals surface area contributed by atoms with Crippen LogP contribution < -0.4 is 10.9 Å². The number of hydrogen-bond acceptors (Lipinski definition) is 3. The van der Waals surface area contributed by atoms with E-state index in [9.17, 15) is 10.1 Å². The molecular weight excluding hydrogens is 333 g/mol. The SMILES string of the molecule is Bc1cccc(/C=C(\C#N)C(=O)N[C@H](c2ccccc2)C2CCCCC2)n1. The highest BCUT2D eigenvalue weighted by atomic mass is 16.1. The van der Waals surface area contributed by atoms with Crippen molar-refractivity contribution >= 4 is 25.4 Å². The van der Waals surface area contributed by atoms with Gasteiger partial charge in [0.1, 0.15) is 11.6 Å². The summed E-state index contributed by atoms with van der Waals surface area (Å²) in [7, 11) is 1.89. The number of carbonyl (C=O) groups excluding carboxylic acids is 1. The number of aromatic nitrogens is 1. The number of nitrogens with zero attached hydrogens (tertiary/aromatic N) is 2. The molecule has 2 aromatic rings. The monoisotopic (exact) mass is 357 g/mol. The predicted octanol–water partition coefficient (Wildman–Crippen LogP) is 2.68. The highest BCUT2D eigenvalue weighted by Crippen LogP contribution is 2.34. The van der Waals surface area contributed by atoms with Crippen molar-refractivity contribution < 1.29 is 4.79 Å². The van der Waals surface area contributed by atoms with Gasteiger partial charge in [0, 0.05) is 0 Å². The largest absolute Gasteiger partial charge is 0.344 e. The molecule has 0 spiro atoms. The minimum Gasteiger partial charge on any atom is -0.344 e. The zero-order chi connectivity index (χ0) is 19.1. The van der Waals surface area contributed by atoms with Crippen molar-refractivity contribution in [1.82, 2.24) is 10.3 Å². The van der Waals surface area contributed by atoms with Gasteiger partial charge >= 0.3 is 0 Å². The molecular formula is C22H24BN3O. The van der Waals surface area contributed by atoms with Crippen LogP contribution in [0.4, 0.5) is 0 Å². The molecule has 1 aliphatic carbocycles. The Morgan fingerprint density at radius 1 is 1.15 bits per heavy atom. The Bertz CT molecular complexity index is 851. The highest BCUT2D eigenvalue weighted by molar-refractivity contribution is 6.30. The third kappa shape index (κ3) is 5.07. The molecule has 3 rings (SSSR count). The smallest absolute Gasteiger partial charge is 0.262 e. The lowest BCUT2D eigenvalue weighted by atomic mass is 9.81. The zero-order valence-electron chi connectivity index (χ0n) is 15.7. The maximum absolute atomic E-state index is 12.9. The van der Waals surface area contributed by atoms with E-state index < -0.39 is 0 Å². The average molecular weight is 357 g/mol. The first-order valence-corrected chi connectivity index (χ1v) is 9.58. The van der Waals surface area contributed by atoms with Crippen LogP contribution in [0.15, 0.2) is 54.1 Å². The van der Waals surface area contributed by atoms with Crippen LogP contribution in [0.1, 0.15) is 49.4 Å². The molecule has 27 heavy (non-hydrogen) atoms. The van der Waals surface area contributed by atoms with Crippen molar-refractivity contribution in [2.45, 2.75) is 38.1 Å². The van der Waals surface area contributed by atoms with Gasteiger partial charge in [-0.15, -0.1) is 0 Å². The van der Waals surface area contributed by atoms with Crippen LogP contribution in [0.3, 0.4) is 0 Å². The third-order valence-corrected chi connectivity index (χ3v) is 5.13. The predicted molar refractivity (Wildman–Crippen MR) is 110 cm³/mol. The van der Waals surface area contributed by atoms with Crippen LogP contribution in [0.25, 0.3) is 6.08 Å². The summed E-state index contributed by atoms with van der Waals surface area (Å²) in [6, 6.07) is 17.6. The van der Waals surface area contributed by atoms with E-state index in [2.05, 4.69) is 22.4 Å². The van der Waals surface area contributed by atoms with E-state index in [0.29, 0.717) is 11.6 Å². The summed E-state index contributed by atoms with van der Waals surface area (Å²) in [5, 5.41) is 12.6. The Morgan fingerprint density at radius 2 is 1.89 bits per heavy atom. The summed E-state index contributed by atoms with van der Waals surface area (Å²) < 4.78 is 0. The summed E-state index contributed by atoms with van der Waals surface area (Å²) >= 11 is 0. The van der Waals surface area contributed by atoms with Gasteiger partial charge in [-0.1, -0.05) is 61.7 Å². The summed E-state index contributed by atoms with van der Waals surface area (Å²) in [4.78, 5) is 17.2. The van der Waals surface area contributed by atoms with Gasteiger partial charge in [-0.3, -0.25) is 9.78 Å². The van der Waals surface area contributed by atoms with Crippen molar-refractivity contribution in [3.05, 3.63) is 65.4 Å². The fourth-order valence-corrected chi connectivity index (χ4v) is 3.76. The molecule has 0 saturated heterocycles. The van der Waals surface area contributed by atoms with Crippen molar-refractivity contribution in [2.24, 2.45) is 5.92 Å². The summed E-state index contributed by atoms with van der Waals surface area (Å²) in [5.41, 5.74) is 2.66. The van der Waals surface area contributed by atoms with Crippen molar-refractivity contribution in [3.63, 3.8) is 0 Å². The number of carbonyl (C=O) groups is 1. The first-order valence-electron chi connectivity index (χ1n) is 9.58. The number of nitriles is 1. The molecule has 1 aliphatic rings. The van der Waals surface area contributed by atoms with Gasteiger partial charge in [0.15, 0.2) is 7.85 Å². The van der Waals surface area contributed by atoms with E-state index in [1.807, 2.05) is 44.2 Å². The quantitative estimate of drug-likeness (QED) is 0.508. The molecule has 1 atom stereocenters. The van der Waals surface area contributed by atoms with Gasteiger partial charge in [-0.2, -0.15) is 5.26 Å². The fraction of sp³-hybridized carbons (Fsp3) is 0.318. The number of hydrogen-bond donors (Lipinski definition) is 1. The number of pyridine rings is 1. The molecule has 1 N–H and O–H groups in total. The Morgan fingerprint density at radius 3 is 2.56 bits per heavy atom. The second-order valence-corrected chi connectivity index (χ2v) is 7.13. The fourth-order valence-electron chi connectivity index (χ4n) is 3.76. The van der Waals surface area contributed by atoms with Crippen LogP contribution in [-0.4, -0.2) is 18.7 Å². The average Bonchev–Trinajstić information content (AvgIpc) is 2.71. The van der Waals surface area contributed by atoms with Crippen LogP contribution >= 0.6 is 0 Å². The molecule has 136 valence electrons. The first-order chi connectivity index (χ1) is 13.2. The maximum Gasteiger partial charge on any atom is 0.262 e. The van der Waals surface area contributed by atoms with Gasteiger partial charge in [0.25, 0.3) is 5.91 Å². The number of amides is 1. The zero-order valence-corrected chi connectivity index (χ0v) is 15.7. The third-order valence-electron chi connectivity index (χ3n) is 5.13. The van der Waals surface area contributed by atoms with Crippen LogP contribution in [0, 0.1) is 17.2 Å². The van der Waals surface area contributed by atoms with Crippen LogP contribution in [0.5, 0.6) is 0 Å². The Balaban J connectivity index is 1.83. The summed E-state index contributed by atoms with van der Waals surface area (Å²) in [5.74, 6) is 0.0716. The molecule has 0 bridgehead atoms. The molecule has 1 amide bonds. The molecule has 1 aromatic heterocycles. The van der Waals surface area contributed by atoms with Gasteiger partial charge in [0.05, 0.1) is 11.7 Å². The van der Waals surface area contributed by atoms with E-state index in [4.69, 9.17) is 0 Å². The molecule has 0 unspecified atom stereocenters. The molecule has 0 radical (unpaired) electrons. The van der Waals surface area contributed by atoms with E-state index in [1.165, 1.54) is 19.3 Å². The molecule has 0 aliphatic heterocycles. The van der Waals surface area contributed by atoms with Gasteiger partial charge in [-0.05, 0) is 42.1 Å². The van der Waals surface area contributed by atoms with Crippen LogP contribution in [-0.2, 0) is 4.79 Å². The number of nitrogens with one attached hydrogen (secondary N) is 1. The lowest BCUT2D eigenvalue weighted by Crippen LogP contribution is -2.35. The second kappa shape index (κ2) is 9.18. The van der Waals surface area contributed by atoms with E-state index in [1.54, 1.807) is 12.1 Å². The topological polar surface area (TPSA) is 65.8 Å². The second-order valence-electron chi connectivity index (χ2n) is 7.13. The molecule has 1 heterocycles. The molecule has 1 aromatic carbocycles. The Kier molecular flexibility index (Phi) is 6.43. The van der Waals surface area contributed by atoms with Gasteiger partial charge in [0.2, 0.25) is 0 Å². The lowest BCUT2D eigenvalue weighted by molar-refractivity contribution is -0.118. The van der Waals surface area contributed by atoms with Gasteiger partial charge in [-0.25, -0.2) is 0 Å². The Hall–Kier alpha value is -2.87. The van der Waals surface area contributed by atoms with E-state index in [-0.39, 0.29) is 17.5 Å². The molecule has 5 heteroatoms. The first kappa shape index (κ1) is 18.9. The maximum atomic E-state index is 12.9. The normalized spacial score (nSPS) is 16.3. The van der Waals surface area contributed by atoms with Crippen molar-refractivity contribution in [2.75, 3.05) is 0 Å². The van der Waals surface area contributed by atoms with E-state index in [0.717, 1.165) is 24.0 Å². The standard InChI is InChI=1S/C22H24BN3O/c23-20-13-7-12-19(25-20)14-18(15-24)22(27)26-21(16-8-3-1-4-9-16)17-10-5-2-6-11-17/h1,3-4,7-9,12-14,17,21H,2,5-6,10-11,23H2,(H,26,27)/b18-14+/t21-/m1/s1. The van der Waals surface area contributed by atoms with Crippen molar-refractivity contribution in [1.29, 1.82) is 5.26 Å². The minimum absolute atomic E-state index is 0.0683. The summed E-state index contributed by atoms with van der Waals surface area (Å²) in [6.07, 6.45) is 7.41. The molecule has 1 fully saturated rings. The highest BCUT2D eigenvalue weighted by Gasteiger charge is 2.27. The van der Waals surface area contributed by atoms with Crippen molar-refractivity contribution in [3.8, 4) is 6.07 Å².